The molecule has 0 saturated carbocycles. The van der Waals surface area contributed by atoms with Crippen molar-refractivity contribution in [3.05, 3.63) is 59.2 Å². The van der Waals surface area contributed by atoms with E-state index in [0.717, 1.165) is 46.0 Å². The zero-order valence-corrected chi connectivity index (χ0v) is 13.7. The van der Waals surface area contributed by atoms with Crippen LogP contribution in [0, 0.1) is 0 Å². The first kappa shape index (κ1) is 14.4. The van der Waals surface area contributed by atoms with E-state index in [-0.39, 0.29) is 5.91 Å². The first-order valence-corrected chi connectivity index (χ1v) is 8.51. The summed E-state index contributed by atoms with van der Waals surface area (Å²) in [6.07, 6.45) is 0.974. The second kappa shape index (κ2) is 5.76. The Morgan fingerprint density at radius 3 is 2.96 bits per heavy atom. The molecule has 4 nitrogen and oxygen atoms in total. The van der Waals surface area contributed by atoms with Gasteiger partial charge >= 0.3 is 0 Å². The van der Waals surface area contributed by atoms with E-state index < -0.39 is 0 Å². The maximum Gasteiger partial charge on any atom is 0.260 e. The van der Waals surface area contributed by atoms with Crippen molar-refractivity contribution in [1.29, 1.82) is 0 Å². The van der Waals surface area contributed by atoms with E-state index in [0.29, 0.717) is 0 Å². The van der Waals surface area contributed by atoms with Gasteiger partial charge < -0.3 is 5.32 Å². The number of carbonyl (C=O) groups is 1. The van der Waals surface area contributed by atoms with Crippen molar-refractivity contribution in [1.82, 2.24) is 10.3 Å². The summed E-state index contributed by atoms with van der Waals surface area (Å²) < 4.78 is 1.10. The number of hydrogen-bond donors (Lipinski definition) is 1. The van der Waals surface area contributed by atoms with Crippen molar-refractivity contribution in [2.24, 2.45) is 0 Å². The summed E-state index contributed by atoms with van der Waals surface area (Å²) in [4.78, 5) is 19.2. The highest BCUT2D eigenvalue weighted by Crippen LogP contribution is 2.29. The molecule has 0 aliphatic carbocycles. The number of carbonyl (C=O) groups excluding carboxylic acids is 1. The Balaban J connectivity index is 1.71. The number of amides is 1. The van der Waals surface area contributed by atoms with Crippen LogP contribution >= 0.6 is 11.3 Å². The lowest BCUT2D eigenvalue weighted by molar-refractivity contribution is 0.0991. The highest BCUT2D eigenvalue weighted by Gasteiger charge is 2.22. The van der Waals surface area contributed by atoms with Crippen molar-refractivity contribution >= 4 is 32.6 Å². The highest BCUT2D eigenvalue weighted by atomic mass is 32.1. The molecule has 0 radical (unpaired) electrons. The quantitative estimate of drug-likeness (QED) is 0.787. The summed E-state index contributed by atoms with van der Waals surface area (Å²) in [6, 6.07) is 14.0. The lowest BCUT2D eigenvalue weighted by Gasteiger charge is -2.22. The predicted molar refractivity (Wildman–Crippen MR) is 94.2 cm³/mol. The Bertz CT molecular complexity index is 854. The largest absolute Gasteiger partial charge is 0.312 e. The van der Waals surface area contributed by atoms with Gasteiger partial charge in [-0.05, 0) is 42.3 Å². The topological polar surface area (TPSA) is 45.2 Å². The fourth-order valence-electron chi connectivity index (χ4n) is 2.99. The van der Waals surface area contributed by atoms with Crippen molar-refractivity contribution in [3.63, 3.8) is 0 Å². The van der Waals surface area contributed by atoms with Crippen LogP contribution in [-0.2, 0) is 13.0 Å². The molecular weight excluding hydrogens is 306 g/mol. The fourth-order valence-corrected chi connectivity index (χ4v) is 3.91. The Morgan fingerprint density at radius 2 is 2.09 bits per heavy atom. The number of rotatable bonds is 2. The van der Waals surface area contributed by atoms with Gasteiger partial charge in [-0.3, -0.25) is 9.69 Å². The molecule has 2 aromatic carbocycles. The Hall–Kier alpha value is -2.24. The van der Waals surface area contributed by atoms with Gasteiger partial charge in [-0.25, -0.2) is 4.98 Å². The number of benzene rings is 2. The molecule has 0 fully saturated rings. The first-order chi connectivity index (χ1) is 11.2. The molecule has 5 heteroatoms. The van der Waals surface area contributed by atoms with Gasteiger partial charge in [-0.1, -0.05) is 35.6 Å². The zero-order chi connectivity index (χ0) is 15.8. The summed E-state index contributed by atoms with van der Waals surface area (Å²) in [7, 11) is 1.80. The third-order valence-corrected chi connectivity index (χ3v) is 5.36. The van der Waals surface area contributed by atoms with E-state index in [1.165, 1.54) is 5.56 Å². The van der Waals surface area contributed by atoms with Crippen LogP contribution in [0.1, 0.15) is 21.5 Å². The molecule has 0 unspecified atom stereocenters. The smallest absolute Gasteiger partial charge is 0.260 e. The number of hydrogen-bond acceptors (Lipinski definition) is 4. The third-order valence-electron chi connectivity index (χ3n) is 4.25. The van der Waals surface area contributed by atoms with Crippen LogP contribution in [-0.4, -0.2) is 24.5 Å². The van der Waals surface area contributed by atoms with E-state index in [9.17, 15) is 4.79 Å². The molecule has 23 heavy (non-hydrogen) atoms. The van der Waals surface area contributed by atoms with Crippen LogP contribution in [0.4, 0.5) is 5.13 Å². The minimum atomic E-state index is 0.00426. The minimum Gasteiger partial charge on any atom is -0.312 e. The second-order valence-corrected chi connectivity index (χ2v) is 6.71. The maximum absolute atomic E-state index is 13.0. The molecule has 0 atom stereocenters. The van der Waals surface area contributed by atoms with Crippen LogP contribution in [0.15, 0.2) is 42.5 Å². The molecule has 0 saturated heterocycles. The van der Waals surface area contributed by atoms with Gasteiger partial charge in [0.05, 0.1) is 10.2 Å². The standard InChI is InChI=1S/C18H17N3OS/c1-21(18-20-15-7-2-3-8-16(15)23-18)17(22)13-6-4-5-12-9-10-19-11-14(12)13/h2-8,19H,9-11H2,1H3. The molecule has 1 aliphatic rings. The number of thiazole rings is 1. The average Bonchev–Trinajstić information content (AvgIpc) is 3.04. The van der Waals surface area contributed by atoms with Gasteiger partial charge in [0.15, 0.2) is 5.13 Å². The molecular formula is C18H17N3OS. The van der Waals surface area contributed by atoms with Crippen molar-refractivity contribution in [2.45, 2.75) is 13.0 Å². The van der Waals surface area contributed by atoms with Gasteiger partial charge in [0.2, 0.25) is 0 Å². The summed E-state index contributed by atoms with van der Waals surface area (Å²) in [6.45, 7) is 1.73. The molecule has 116 valence electrons. The van der Waals surface area contributed by atoms with Crippen LogP contribution in [0.2, 0.25) is 0 Å². The van der Waals surface area contributed by atoms with Gasteiger partial charge in [0, 0.05) is 19.2 Å². The zero-order valence-electron chi connectivity index (χ0n) is 12.9. The molecule has 3 aromatic rings. The normalized spacial score (nSPS) is 13.8. The van der Waals surface area contributed by atoms with E-state index in [1.807, 2.05) is 36.4 Å². The second-order valence-electron chi connectivity index (χ2n) is 5.70. The number of anilines is 1. The number of nitrogens with zero attached hydrogens (tertiary/aromatic N) is 2. The van der Waals surface area contributed by atoms with Crippen molar-refractivity contribution < 1.29 is 4.79 Å². The Kier molecular flexibility index (Phi) is 3.59. The molecule has 0 bridgehead atoms. The molecule has 1 aromatic heterocycles. The average molecular weight is 323 g/mol. The third kappa shape index (κ3) is 2.52. The lowest BCUT2D eigenvalue weighted by atomic mass is 9.95. The molecule has 1 amide bonds. The minimum absolute atomic E-state index is 0.00426. The number of aromatic nitrogens is 1. The van der Waals surface area contributed by atoms with E-state index in [1.54, 1.807) is 23.3 Å². The van der Waals surface area contributed by atoms with E-state index in [2.05, 4.69) is 16.4 Å². The first-order valence-electron chi connectivity index (χ1n) is 7.69. The highest BCUT2D eigenvalue weighted by molar-refractivity contribution is 7.22. The summed E-state index contributed by atoms with van der Waals surface area (Å²) in [5, 5.41) is 4.09. The summed E-state index contributed by atoms with van der Waals surface area (Å²) in [5.41, 5.74) is 4.10. The van der Waals surface area contributed by atoms with Crippen LogP contribution in [0.5, 0.6) is 0 Å². The van der Waals surface area contributed by atoms with Gasteiger partial charge in [-0.2, -0.15) is 0 Å². The monoisotopic (exact) mass is 323 g/mol. The summed E-state index contributed by atoms with van der Waals surface area (Å²) >= 11 is 1.54. The molecule has 1 N–H and O–H groups in total. The molecule has 2 heterocycles. The Morgan fingerprint density at radius 1 is 1.22 bits per heavy atom. The van der Waals surface area contributed by atoms with Gasteiger partial charge in [-0.15, -0.1) is 0 Å². The molecule has 0 spiro atoms. The predicted octanol–water partition coefficient (Wildman–Crippen LogP) is 3.22. The number of para-hydroxylation sites is 1. The molecule has 4 rings (SSSR count). The number of fused-ring (bicyclic) bond motifs is 2. The number of nitrogens with one attached hydrogen (secondary N) is 1. The van der Waals surface area contributed by atoms with Gasteiger partial charge in [0.25, 0.3) is 5.91 Å². The maximum atomic E-state index is 13.0. The van der Waals surface area contributed by atoms with Gasteiger partial charge in [0.1, 0.15) is 0 Å². The van der Waals surface area contributed by atoms with Crippen LogP contribution in [0.25, 0.3) is 10.2 Å². The fraction of sp³-hybridized carbons (Fsp3) is 0.222. The Labute approximate surface area is 138 Å². The van der Waals surface area contributed by atoms with Crippen molar-refractivity contribution in [2.75, 3.05) is 18.5 Å². The molecule has 1 aliphatic heterocycles. The van der Waals surface area contributed by atoms with E-state index in [4.69, 9.17) is 0 Å². The van der Waals surface area contributed by atoms with E-state index >= 15 is 0 Å². The lowest BCUT2D eigenvalue weighted by Crippen LogP contribution is -2.31. The van der Waals surface area contributed by atoms with Crippen LogP contribution < -0.4 is 10.2 Å². The summed E-state index contributed by atoms with van der Waals surface area (Å²) in [5.74, 6) is 0.00426. The SMILES string of the molecule is CN(C(=O)c1cccc2c1CNCC2)c1nc2ccccc2s1. The van der Waals surface area contributed by atoms with Crippen LogP contribution in [0.3, 0.4) is 0 Å². The van der Waals surface area contributed by atoms with Crippen molar-refractivity contribution in [3.8, 4) is 0 Å².